The Morgan fingerprint density at radius 1 is 1.33 bits per heavy atom. The molecule has 2 atom stereocenters. The predicted molar refractivity (Wildman–Crippen MR) is 82.1 cm³/mol. The maximum atomic E-state index is 12.3. The molecule has 1 heterocycles. The molecule has 5 heteroatoms. The van der Waals surface area contributed by atoms with Crippen LogP contribution in [0, 0.1) is 5.92 Å². The molecule has 21 heavy (non-hydrogen) atoms. The fourth-order valence-corrected chi connectivity index (χ4v) is 2.55. The summed E-state index contributed by atoms with van der Waals surface area (Å²) in [6.45, 7) is 3.84. The number of piperidine rings is 1. The van der Waals surface area contributed by atoms with E-state index in [1.807, 2.05) is 0 Å². The normalized spacial score (nSPS) is 21.7. The van der Waals surface area contributed by atoms with Crippen molar-refractivity contribution in [1.82, 2.24) is 10.6 Å². The Bertz CT molecular complexity index is 482. The van der Waals surface area contributed by atoms with Gasteiger partial charge in [0.25, 0.3) is 5.91 Å². The molecule has 1 amide bonds. The van der Waals surface area contributed by atoms with E-state index in [0.717, 1.165) is 19.4 Å². The van der Waals surface area contributed by atoms with Crippen molar-refractivity contribution in [2.45, 2.75) is 25.8 Å². The number of benzene rings is 1. The zero-order valence-corrected chi connectivity index (χ0v) is 12.9. The molecule has 1 aliphatic heterocycles. The zero-order chi connectivity index (χ0) is 15.2. The van der Waals surface area contributed by atoms with Gasteiger partial charge in [-0.15, -0.1) is 0 Å². The number of hydrogen-bond acceptors (Lipinski definition) is 4. The average molecular weight is 292 g/mol. The SMILES string of the molecule is COc1ccc(C(=O)NCC2CCC(C)NC2)c(OC)c1. The summed E-state index contributed by atoms with van der Waals surface area (Å²) in [6.07, 6.45) is 2.31. The minimum Gasteiger partial charge on any atom is -0.497 e. The Balaban J connectivity index is 1.94. The topological polar surface area (TPSA) is 59.6 Å². The van der Waals surface area contributed by atoms with Crippen LogP contribution in [0.4, 0.5) is 0 Å². The van der Waals surface area contributed by atoms with Crippen LogP contribution in [0.1, 0.15) is 30.1 Å². The van der Waals surface area contributed by atoms with E-state index in [0.29, 0.717) is 35.6 Å². The Labute approximate surface area is 126 Å². The second-order valence-electron chi connectivity index (χ2n) is 5.53. The van der Waals surface area contributed by atoms with Crippen LogP contribution in [0.5, 0.6) is 11.5 Å². The summed E-state index contributed by atoms with van der Waals surface area (Å²) in [5, 5.41) is 6.44. The van der Waals surface area contributed by atoms with E-state index in [4.69, 9.17) is 9.47 Å². The molecule has 0 saturated carbocycles. The van der Waals surface area contributed by atoms with Crippen molar-refractivity contribution >= 4 is 5.91 Å². The molecule has 0 spiro atoms. The third-order valence-corrected chi connectivity index (χ3v) is 3.97. The summed E-state index contributed by atoms with van der Waals surface area (Å²) < 4.78 is 10.4. The number of amides is 1. The van der Waals surface area contributed by atoms with E-state index in [2.05, 4.69) is 17.6 Å². The molecule has 2 rings (SSSR count). The molecular formula is C16H24N2O3. The van der Waals surface area contributed by atoms with Crippen molar-refractivity contribution in [2.75, 3.05) is 27.3 Å². The third-order valence-electron chi connectivity index (χ3n) is 3.97. The van der Waals surface area contributed by atoms with Gasteiger partial charge in [-0.1, -0.05) is 0 Å². The van der Waals surface area contributed by atoms with Gasteiger partial charge in [-0.25, -0.2) is 0 Å². The molecule has 1 fully saturated rings. The first-order valence-corrected chi connectivity index (χ1v) is 7.37. The van der Waals surface area contributed by atoms with Gasteiger partial charge < -0.3 is 20.1 Å². The third kappa shape index (κ3) is 4.11. The van der Waals surface area contributed by atoms with Crippen LogP contribution >= 0.6 is 0 Å². The minimum atomic E-state index is -0.104. The Hall–Kier alpha value is -1.75. The molecular weight excluding hydrogens is 268 g/mol. The van der Waals surface area contributed by atoms with Gasteiger partial charge >= 0.3 is 0 Å². The first-order chi connectivity index (χ1) is 10.1. The van der Waals surface area contributed by atoms with Gasteiger partial charge in [0.1, 0.15) is 11.5 Å². The van der Waals surface area contributed by atoms with Crippen molar-refractivity contribution in [3.05, 3.63) is 23.8 Å². The number of carbonyl (C=O) groups excluding carboxylic acids is 1. The maximum absolute atomic E-state index is 12.3. The van der Waals surface area contributed by atoms with Gasteiger partial charge in [0.2, 0.25) is 0 Å². The van der Waals surface area contributed by atoms with Crippen LogP contribution in [0.25, 0.3) is 0 Å². The lowest BCUT2D eigenvalue weighted by Gasteiger charge is -2.27. The summed E-state index contributed by atoms with van der Waals surface area (Å²) in [6, 6.07) is 5.80. The van der Waals surface area contributed by atoms with E-state index in [9.17, 15) is 4.79 Å². The van der Waals surface area contributed by atoms with Crippen LogP contribution in [0.15, 0.2) is 18.2 Å². The number of carbonyl (C=O) groups is 1. The van der Waals surface area contributed by atoms with Crippen LogP contribution in [-0.4, -0.2) is 39.3 Å². The second kappa shape index (κ2) is 7.31. The van der Waals surface area contributed by atoms with Crippen LogP contribution in [0.2, 0.25) is 0 Å². The molecule has 0 bridgehead atoms. The van der Waals surface area contributed by atoms with Crippen molar-refractivity contribution in [3.8, 4) is 11.5 Å². The van der Waals surface area contributed by atoms with Crippen molar-refractivity contribution in [3.63, 3.8) is 0 Å². The number of rotatable bonds is 5. The highest BCUT2D eigenvalue weighted by Gasteiger charge is 2.19. The predicted octanol–water partition coefficient (Wildman–Crippen LogP) is 1.82. The monoisotopic (exact) mass is 292 g/mol. The minimum absolute atomic E-state index is 0.104. The van der Waals surface area contributed by atoms with Gasteiger partial charge in [0.15, 0.2) is 0 Å². The highest BCUT2D eigenvalue weighted by molar-refractivity contribution is 5.97. The first kappa shape index (κ1) is 15.6. The lowest BCUT2D eigenvalue weighted by molar-refractivity contribution is 0.0941. The van der Waals surface area contributed by atoms with Crippen molar-refractivity contribution in [1.29, 1.82) is 0 Å². The molecule has 0 aliphatic carbocycles. The molecule has 0 radical (unpaired) electrons. The molecule has 0 aromatic heterocycles. The molecule has 1 aliphatic rings. The largest absolute Gasteiger partial charge is 0.497 e. The molecule has 116 valence electrons. The summed E-state index contributed by atoms with van der Waals surface area (Å²) in [7, 11) is 3.14. The van der Waals surface area contributed by atoms with E-state index in [-0.39, 0.29) is 5.91 Å². The molecule has 5 nitrogen and oxygen atoms in total. The molecule has 1 aromatic carbocycles. The summed E-state index contributed by atoms with van der Waals surface area (Å²) in [4.78, 5) is 12.3. The van der Waals surface area contributed by atoms with Crippen molar-refractivity contribution in [2.24, 2.45) is 5.92 Å². The van der Waals surface area contributed by atoms with Gasteiger partial charge in [-0.05, 0) is 44.4 Å². The summed E-state index contributed by atoms with van der Waals surface area (Å²) >= 11 is 0. The van der Waals surface area contributed by atoms with Crippen LogP contribution < -0.4 is 20.1 Å². The van der Waals surface area contributed by atoms with Crippen molar-refractivity contribution < 1.29 is 14.3 Å². The zero-order valence-electron chi connectivity index (χ0n) is 12.9. The van der Waals surface area contributed by atoms with E-state index in [1.165, 1.54) is 0 Å². The van der Waals surface area contributed by atoms with Crippen LogP contribution in [-0.2, 0) is 0 Å². The summed E-state index contributed by atoms with van der Waals surface area (Å²) in [5.74, 6) is 1.60. The smallest absolute Gasteiger partial charge is 0.255 e. The van der Waals surface area contributed by atoms with Gasteiger partial charge in [0.05, 0.1) is 19.8 Å². The maximum Gasteiger partial charge on any atom is 0.255 e. The van der Waals surface area contributed by atoms with Gasteiger partial charge in [0, 0.05) is 18.7 Å². The van der Waals surface area contributed by atoms with Gasteiger partial charge in [-0.3, -0.25) is 4.79 Å². The number of nitrogens with one attached hydrogen (secondary N) is 2. The van der Waals surface area contributed by atoms with E-state index in [1.54, 1.807) is 32.4 Å². The highest BCUT2D eigenvalue weighted by atomic mass is 16.5. The van der Waals surface area contributed by atoms with E-state index < -0.39 is 0 Å². The highest BCUT2D eigenvalue weighted by Crippen LogP contribution is 2.24. The molecule has 1 aromatic rings. The fraction of sp³-hybridized carbons (Fsp3) is 0.562. The van der Waals surface area contributed by atoms with E-state index >= 15 is 0 Å². The second-order valence-corrected chi connectivity index (χ2v) is 5.53. The number of ether oxygens (including phenoxy) is 2. The lowest BCUT2D eigenvalue weighted by Crippen LogP contribution is -2.42. The Kier molecular flexibility index (Phi) is 5.44. The van der Waals surface area contributed by atoms with Crippen LogP contribution in [0.3, 0.4) is 0 Å². The average Bonchev–Trinajstić information content (AvgIpc) is 2.53. The quantitative estimate of drug-likeness (QED) is 0.869. The number of methoxy groups -OCH3 is 2. The Morgan fingerprint density at radius 2 is 2.14 bits per heavy atom. The Morgan fingerprint density at radius 3 is 2.76 bits per heavy atom. The first-order valence-electron chi connectivity index (χ1n) is 7.37. The molecule has 1 saturated heterocycles. The lowest BCUT2D eigenvalue weighted by atomic mass is 9.95. The molecule has 2 unspecified atom stereocenters. The molecule has 2 N–H and O–H groups in total. The standard InChI is InChI=1S/C16H24N2O3/c1-11-4-5-12(9-17-11)10-18-16(19)14-7-6-13(20-2)8-15(14)21-3/h6-8,11-12,17H,4-5,9-10H2,1-3H3,(H,18,19). The number of hydrogen-bond donors (Lipinski definition) is 2. The van der Waals surface area contributed by atoms with Gasteiger partial charge in [-0.2, -0.15) is 0 Å². The fourth-order valence-electron chi connectivity index (χ4n) is 2.55. The summed E-state index contributed by atoms with van der Waals surface area (Å²) in [5.41, 5.74) is 0.537.